The van der Waals surface area contributed by atoms with Crippen LogP contribution in [0.25, 0.3) is 0 Å². The summed E-state index contributed by atoms with van der Waals surface area (Å²) in [5, 5.41) is 9.29. The number of nitrogens with one attached hydrogen (secondary N) is 2. The number of hydrogen-bond donors (Lipinski definition) is 3. The maximum atomic E-state index is 11.9. The van der Waals surface area contributed by atoms with Gasteiger partial charge in [-0.05, 0) is 0 Å². The van der Waals surface area contributed by atoms with Crippen molar-refractivity contribution in [3.63, 3.8) is 0 Å². The molecule has 0 saturated carbocycles. The highest BCUT2D eigenvalue weighted by Gasteiger charge is 2.29. The number of nitrogens with two attached hydrogens (primary N) is 1. The lowest BCUT2D eigenvalue weighted by molar-refractivity contribution is -0.134. The average Bonchev–Trinajstić information content (AvgIpc) is 2.45. The Morgan fingerprint density at radius 1 is 1.21 bits per heavy atom. The number of benzene rings is 1. The van der Waals surface area contributed by atoms with Crippen LogP contribution in [0.15, 0.2) is 6.07 Å². The largest absolute Gasteiger partial charge is 0.423 e. The summed E-state index contributed by atoms with van der Waals surface area (Å²) in [4.78, 5) is 35.1. The van der Waals surface area contributed by atoms with Gasteiger partial charge in [-0.3, -0.25) is 15.0 Å². The van der Waals surface area contributed by atoms with Crippen LogP contribution in [-0.2, 0) is 9.59 Å². The zero-order chi connectivity index (χ0) is 18.6. The summed E-state index contributed by atoms with van der Waals surface area (Å²) in [5.74, 6) is -2.72. The lowest BCUT2D eigenvalue weighted by Gasteiger charge is -2.24. The van der Waals surface area contributed by atoms with Crippen LogP contribution in [0.3, 0.4) is 0 Å². The number of guanidine groups is 1. The Hall–Kier alpha value is -2.52. The van der Waals surface area contributed by atoms with Crippen LogP contribution < -0.4 is 25.4 Å². The van der Waals surface area contributed by atoms with Crippen molar-refractivity contribution in [3.05, 3.63) is 16.1 Å². The first kappa shape index (κ1) is 19.5. The second-order valence-electron chi connectivity index (χ2n) is 4.31. The Labute approximate surface area is 147 Å². The molecule has 0 spiro atoms. The van der Waals surface area contributed by atoms with E-state index in [0.717, 1.165) is 19.9 Å². The van der Waals surface area contributed by atoms with Gasteiger partial charge in [-0.1, -0.05) is 23.2 Å². The smallest absolute Gasteiger partial charge is 0.328 e. The Kier molecular flexibility index (Phi) is 6.38. The summed E-state index contributed by atoms with van der Waals surface area (Å²) in [6, 6.07) is 0.307. The van der Waals surface area contributed by atoms with Crippen LogP contribution >= 0.6 is 23.2 Å². The van der Waals surface area contributed by atoms with E-state index in [2.05, 4.69) is 5.32 Å². The number of urea groups is 1. The first-order valence-electron chi connectivity index (χ1n) is 6.34. The van der Waals surface area contributed by atoms with Gasteiger partial charge in [0, 0.05) is 27.0 Å². The molecule has 24 heavy (non-hydrogen) atoms. The van der Waals surface area contributed by atoms with Crippen molar-refractivity contribution in [3.8, 4) is 11.5 Å². The minimum absolute atomic E-state index is 0.161. The minimum atomic E-state index is -0.805. The van der Waals surface area contributed by atoms with Crippen molar-refractivity contribution >= 4 is 52.8 Å². The summed E-state index contributed by atoms with van der Waals surface area (Å²) in [7, 11) is 1.31. The zero-order valence-electron chi connectivity index (χ0n) is 12.9. The first-order valence-corrected chi connectivity index (χ1v) is 7.10. The van der Waals surface area contributed by atoms with Crippen molar-refractivity contribution in [1.82, 2.24) is 5.32 Å². The van der Waals surface area contributed by atoms with E-state index in [0.29, 0.717) is 4.90 Å². The number of halogens is 2. The number of ether oxygens (including phenoxy) is 2. The van der Waals surface area contributed by atoms with E-state index in [1.54, 1.807) is 0 Å². The van der Waals surface area contributed by atoms with Gasteiger partial charge in [0.1, 0.15) is 5.02 Å². The molecular weight excluding hydrogens is 363 g/mol. The summed E-state index contributed by atoms with van der Waals surface area (Å²) in [6.07, 6.45) is 0. The predicted molar refractivity (Wildman–Crippen MR) is 87.9 cm³/mol. The van der Waals surface area contributed by atoms with E-state index >= 15 is 0 Å². The van der Waals surface area contributed by atoms with Gasteiger partial charge in [0.05, 0.1) is 10.7 Å². The number of hydrogen-bond acceptors (Lipinski definition) is 6. The molecule has 0 aromatic heterocycles. The van der Waals surface area contributed by atoms with E-state index in [1.807, 2.05) is 0 Å². The SMILES string of the molecule is CNC(=O)N(C(=N)N)c1c(Cl)cc(OC(C)=O)c(OC(C)=O)c1Cl. The number of esters is 2. The van der Waals surface area contributed by atoms with Gasteiger partial charge >= 0.3 is 18.0 Å². The molecule has 0 aliphatic carbocycles. The van der Waals surface area contributed by atoms with E-state index in [-0.39, 0.29) is 27.2 Å². The number of rotatable bonds is 3. The monoisotopic (exact) mass is 376 g/mol. The van der Waals surface area contributed by atoms with Crippen molar-refractivity contribution in [2.45, 2.75) is 13.8 Å². The maximum Gasteiger partial charge on any atom is 0.328 e. The zero-order valence-corrected chi connectivity index (χ0v) is 14.4. The van der Waals surface area contributed by atoms with Gasteiger partial charge in [-0.25, -0.2) is 9.69 Å². The third-order valence-corrected chi connectivity index (χ3v) is 3.13. The molecule has 1 rings (SSSR count). The fourth-order valence-electron chi connectivity index (χ4n) is 1.69. The van der Waals surface area contributed by atoms with Crippen LogP contribution in [0.4, 0.5) is 10.5 Å². The highest BCUT2D eigenvalue weighted by Crippen LogP contribution is 2.46. The van der Waals surface area contributed by atoms with Gasteiger partial charge in [0.2, 0.25) is 5.96 Å². The number of amides is 2. The van der Waals surface area contributed by atoms with E-state index in [4.69, 9.17) is 43.8 Å². The van der Waals surface area contributed by atoms with E-state index in [9.17, 15) is 14.4 Å². The molecule has 130 valence electrons. The average molecular weight is 377 g/mol. The van der Waals surface area contributed by atoms with Gasteiger partial charge in [0.25, 0.3) is 0 Å². The quantitative estimate of drug-likeness (QED) is 0.319. The van der Waals surface area contributed by atoms with Crippen LogP contribution in [0, 0.1) is 5.41 Å². The summed E-state index contributed by atoms with van der Waals surface area (Å²) < 4.78 is 9.84. The molecule has 9 nitrogen and oxygen atoms in total. The normalized spacial score (nSPS) is 9.88. The van der Waals surface area contributed by atoms with Gasteiger partial charge in [-0.15, -0.1) is 0 Å². The molecule has 0 heterocycles. The summed E-state index contributed by atoms with van der Waals surface area (Å²) in [5.41, 5.74) is 5.18. The molecule has 4 N–H and O–H groups in total. The Morgan fingerprint density at radius 3 is 2.17 bits per heavy atom. The highest BCUT2D eigenvalue weighted by molar-refractivity contribution is 6.42. The molecular formula is C13H14Cl2N4O5. The molecule has 1 aromatic rings. The molecule has 0 aliphatic rings. The topological polar surface area (TPSA) is 135 Å². The fourth-order valence-corrected chi connectivity index (χ4v) is 2.33. The molecule has 0 atom stereocenters. The van der Waals surface area contributed by atoms with Gasteiger partial charge < -0.3 is 20.5 Å². The van der Waals surface area contributed by atoms with E-state index in [1.165, 1.54) is 7.05 Å². The number of carbonyl (C=O) groups is 3. The Balaban J connectivity index is 3.67. The lowest BCUT2D eigenvalue weighted by Crippen LogP contribution is -2.46. The maximum absolute atomic E-state index is 11.9. The molecule has 0 fully saturated rings. The summed E-state index contributed by atoms with van der Waals surface area (Å²) in [6.45, 7) is 2.23. The molecule has 11 heteroatoms. The van der Waals surface area contributed by atoms with E-state index < -0.39 is 23.9 Å². The number of carbonyl (C=O) groups excluding carboxylic acids is 3. The molecule has 0 saturated heterocycles. The molecule has 0 aliphatic heterocycles. The van der Waals surface area contributed by atoms with Crippen molar-refractivity contribution in [2.24, 2.45) is 5.73 Å². The molecule has 0 unspecified atom stereocenters. The third-order valence-electron chi connectivity index (χ3n) is 2.50. The minimum Gasteiger partial charge on any atom is -0.423 e. The lowest BCUT2D eigenvalue weighted by atomic mass is 10.2. The predicted octanol–water partition coefficient (Wildman–Crippen LogP) is 1.88. The number of nitrogens with zero attached hydrogens (tertiary/aromatic N) is 1. The fraction of sp³-hybridized carbons (Fsp3) is 0.231. The van der Waals surface area contributed by atoms with Gasteiger partial charge in [0.15, 0.2) is 11.5 Å². The number of anilines is 1. The van der Waals surface area contributed by atoms with Crippen LogP contribution in [0.1, 0.15) is 13.8 Å². The summed E-state index contributed by atoms with van der Waals surface area (Å²) >= 11 is 12.2. The second-order valence-corrected chi connectivity index (χ2v) is 5.10. The first-order chi connectivity index (χ1) is 11.1. The Morgan fingerprint density at radius 2 is 1.75 bits per heavy atom. The van der Waals surface area contributed by atoms with Crippen LogP contribution in [0.5, 0.6) is 11.5 Å². The highest BCUT2D eigenvalue weighted by atomic mass is 35.5. The molecule has 1 aromatic carbocycles. The van der Waals surface area contributed by atoms with Crippen molar-refractivity contribution in [1.29, 1.82) is 5.41 Å². The van der Waals surface area contributed by atoms with Crippen molar-refractivity contribution < 1.29 is 23.9 Å². The van der Waals surface area contributed by atoms with Crippen LogP contribution in [-0.4, -0.2) is 31.0 Å². The standard InChI is InChI=1S/C13H14Cl2N4O5/c1-5(20)23-8-4-7(14)10(9(15)11(8)24-6(2)21)19(12(16)17)13(22)18-3/h4H,1-3H3,(H3,16,17)(H,18,22). The molecule has 2 amide bonds. The third kappa shape index (κ3) is 4.27. The molecule has 0 radical (unpaired) electrons. The molecule has 0 bridgehead atoms. The Bertz CT molecular complexity index is 723. The second kappa shape index (κ2) is 7.84. The van der Waals surface area contributed by atoms with Crippen LogP contribution in [0.2, 0.25) is 10.0 Å². The van der Waals surface area contributed by atoms with Gasteiger partial charge in [-0.2, -0.15) is 0 Å². The van der Waals surface area contributed by atoms with Crippen molar-refractivity contribution in [2.75, 3.05) is 11.9 Å².